The number of hydrogen-bond donors (Lipinski definition) is 0. The number of rotatable bonds is 5. The first-order valence-electron chi connectivity index (χ1n) is 9.87. The van der Waals surface area contributed by atoms with Crippen LogP contribution in [-0.4, -0.2) is 38.5 Å². The first-order chi connectivity index (χ1) is 15.3. The van der Waals surface area contributed by atoms with E-state index in [1.54, 1.807) is 4.68 Å². The van der Waals surface area contributed by atoms with Crippen molar-refractivity contribution in [2.75, 3.05) is 17.3 Å². The van der Waals surface area contributed by atoms with Crippen LogP contribution in [0.2, 0.25) is 0 Å². The Bertz CT molecular complexity index is 1180. The van der Waals surface area contributed by atoms with Crippen LogP contribution in [0.5, 0.6) is 5.75 Å². The number of hydrogen-bond acceptors (Lipinski definition) is 6. The highest BCUT2D eigenvalue weighted by atomic mass is 32.2. The molecule has 3 aromatic carbocycles. The lowest BCUT2D eigenvalue weighted by atomic mass is 10.0. The van der Waals surface area contributed by atoms with Crippen molar-refractivity contribution in [3.8, 4) is 11.4 Å². The second-order valence-electron chi connectivity index (χ2n) is 6.97. The molecule has 1 amide bonds. The standard InChI is InChI=1S/C23H19N5O2S/c29-22(16-31-23-24-25-26-28(23)18-11-5-2-6-12-18)27-19-13-7-8-14-21(19)30-15-20(27)17-9-3-1-4-10-17/h1-14,20H,15-16H2. The fourth-order valence-corrected chi connectivity index (χ4v) is 4.36. The van der Waals surface area contributed by atoms with Crippen LogP contribution >= 0.6 is 11.8 Å². The molecule has 5 rings (SSSR count). The third-order valence-corrected chi connectivity index (χ3v) is 5.96. The second-order valence-corrected chi connectivity index (χ2v) is 7.91. The Balaban J connectivity index is 1.41. The quantitative estimate of drug-likeness (QED) is 0.448. The molecule has 154 valence electrons. The van der Waals surface area contributed by atoms with Gasteiger partial charge in [-0.25, -0.2) is 0 Å². The second kappa shape index (κ2) is 8.61. The molecule has 0 bridgehead atoms. The summed E-state index contributed by atoms with van der Waals surface area (Å²) in [5.74, 6) is 0.879. The zero-order valence-electron chi connectivity index (χ0n) is 16.5. The minimum absolute atomic E-state index is 0.0304. The number of carbonyl (C=O) groups is 1. The molecule has 0 saturated carbocycles. The first kappa shape index (κ1) is 19.3. The van der Waals surface area contributed by atoms with E-state index in [9.17, 15) is 4.79 Å². The minimum atomic E-state index is -0.200. The van der Waals surface area contributed by atoms with E-state index in [0.29, 0.717) is 17.5 Å². The summed E-state index contributed by atoms with van der Waals surface area (Å²) in [4.78, 5) is 15.3. The van der Waals surface area contributed by atoms with Crippen LogP contribution < -0.4 is 9.64 Å². The van der Waals surface area contributed by atoms with Gasteiger partial charge in [-0.3, -0.25) is 9.69 Å². The molecular formula is C23H19N5O2S. The molecule has 0 N–H and O–H groups in total. The first-order valence-corrected chi connectivity index (χ1v) is 10.9. The van der Waals surface area contributed by atoms with Gasteiger partial charge in [0.2, 0.25) is 11.1 Å². The summed E-state index contributed by atoms with van der Waals surface area (Å²) in [6, 6.07) is 27.0. The fourth-order valence-electron chi connectivity index (χ4n) is 3.61. The van der Waals surface area contributed by atoms with Gasteiger partial charge >= 0.3 is 0 Å². The highest BCUT2D eigenvalue weighted by molar-refractivity contribution is 7.99. The van der Waals surface area contributed by atoms with E-state index in [1.807, 2.05) is 89.8 Å². The Morgan fingerprint density at radius 2 is 1.68 bits per heavy atom. The summed E-state index contributed by atoms with van der Waals surface area (Å²) in [6.45, 7) is 0.402. The third kappa shape index (κ3) is 3.89. The molecule has 8 heteroatoms. The zero-order chi connectivity index (χ0) is 21.0. The van der Waals surface area contributed by atoms with Gasteiger partial charge in [-0.15, -0.1) is 5.10 Å². The molecule has 7 nitrogen and oxygen atoms in total. The van der Waals surface area contributed by atoms with Crippen LogP contribution in [0.25, 0.3) is 5.69 Å². The number of aromatic nitrogens is 4. The highest BCUT2D eigenvalue weighted by Crippen LogP contribution is 2.39. The van der Waals surface area contributed by atoms with Gasteiger partial charge in [-0.1, -0.05) is 72.4 Å². The van der Waals surface area contributed by atoms with Crippen molar-refractivity contribution in [2.45, 2.75) is 11.2 Å². The molecule has 1 unspecified atom stereocenters. The maximum absolute atomic E-state index is 13.5. The number of benzene rings is 3. The van der Waals surface area contributed by atoms with Crippen molar-refractivity contribution in [3.63, 3.8) is 0 Å². The van der Waals surface area contributed by atoms with Gasteiger partial charge in [-0.05, 0) is 40.3 Å². The lowest BCUT2D eigenvalue weighted by molar-refractivity contribution is -0.117. The lowest BCUT2D eigenvalue weighted by Gasteiger charge is -2.37. The molecule has 1 aliphatic heterocycles. The fraction of sp³-hybridized carbons (Fsp3) is 0.130. The largest absolute Gasteiger partial charge is 0.489 e. The summed E-state index contributed by atoms with van der Waals surface area (Å²) >= 11 is 1.32. The molecule has 4 aromatic rings. The highest BCUT2D eigenvalue weighted by Gasteiger charge is 2.33. The van der Waals surface area contributed by atoms with Gasteiger partial charge in [0.15, 0.2) is 0 Å². The van der Waals surface area contributed by atoms with Crippen molar-refractivity contribution in [3.05, 3.63) is 90.5 Å². The predicted molar refractivity (Wildman–Crippen MR) is 118 cm³/mol. The van der Waals surface area contributed by atoms with Crippen molar-refractivity contribution >= 4 is 23.4 Å². The monoisotopic (exact) mass is 429 g/mol. The molecule has 1 aromatic heterocycles. The van der Waals surface area contributed by atoms with E-state index < -0.39 is 0 Å². The van der Waals surface area contributed by atoms with Gasteiger partial charge in [0, 0.05) is 0 Å². The summed E-state index contributed by atoms with van der Waals surface area (Å²) in [6.07, 6.45) is 0. The van der Waals surface area contributed by atoms with E-state index in [4.69, 9.17) is 4.74 Å². The van der Waals surface area contributed by atoms with E-state index in [2.05, 4.69) is 15.5 Å². The molecule has 0 saturated heterocycles. The number of fused-ring (bicyclic) bond motifs is 1. The van der Waals surface area contributed by atoms with E-state index in [0.717, 1.165) is 16.9 Å². The van der Waals surface area contributed by atoms with Crippen LogP contribution in [-0.2, 0) is 4.79 Å². The number of tetrazole rings is 1. The Kier molecular flexibility index (Phi) is 5.37. The van der Waals surface area contributed by atoms with Gasteiger partial charge in [-0.2, -0.15) is 4.68 Å². The van der Waals surface area contributed by atoms with Crippen molar-refractivity contribution in [1.82, 2.24) is 20.2 Å². The summed E-state index contributed by atoms with van der Waals surface area (Å²) in [7, 11) is 0. The van der Waals surface area contributed by atoms with Crippen molar-refractivity contribution in [1.29, 1.82) is 0 Å². The lowest BCUT2D eigenvalue weighted by Crippen LogP contribution is -2.42. The van der Waals surface area contributed by atoms with Crippen LogP contribution in [0.1, 0.15) is 11.6 Å². The zero-order valence-corrected chi connectivity index (χ0v) is 17.4. The van der Waals surface area contributed by atoms with Crippen LogP contribution in [0.15, 0.2) is 90.1 Å². The number of nitrogens with zero attached hydrogens (tertiary/aromatic N) is 5. The summed E-state index contributed by atoms with van der Waals surface area (Å²) in [5.41, 5.74) is 2.65. The van der Waals surface area contributed by atoms with Gasteiger partial charge in [0.25, 0.3) is 0 Å². The Morgan fingerprint density at radius 1 is 0.968 bits per heavy atom. The third-order valence-electron chi connectivity index (χ3n) is 5.05. The predicted octanol–water partition coefficient (Wildman–Crippen LogP) is 3.92. The van der Waals surface area contributed by atoms with Crippen molar-refractivity contribution < 1.29 is 9.53 Å². The average Bonchev–Trinajstić information content (AvgIpc) is 3.31. The number of para-hydroxylation sites is 3. The Morgan fingerprint density at radius 3 is 2.48 bits per heavy atom. The van der Waals surface area contributed by atoms with E-state index >= 15 is 0 Å². The topological polar surface area (TPSA) is 73.1 Å². The number of anilines is 1. The number of ether oxygens (including phenoxy) is 1. The Hall–Kier alpha value is -3.65. The van der Waals surface area contributed by atoms with Crippen LogP contribution in [0, 0.1) is 0 Å². The Labute approximate surface area is 183 Å². The molecule has 0 radical (unpaired) electrons. The van der Waals surface area contributed by atoms with Gasteiger partial charge in [0.1, 0.15) is 12.4 Å². The SMILES string of the molecule is O=C(CSc1nnnn1-c1ccccc1)N1c2ccccc2OCC1c1ccccc1. The van der Waals surface area contributed by atoms with Crippen molar-refractivity contribution in [2.24, 2.45) is 0 Å². The minimum Gasteiger partial charge on any atom is -0.489 e. The number of amides is 1. The smallest absolute Gasteiger partial charge is 0.238 e. The van der Waals surface area contributed by atoms with Crippen LogP contribution in [0.4, 0.5) is 5.69 Å². The number of carbonyl (C=O) groups excluding carboxylic acids is 1. The molecule has 0 aliphatic carbocycles. The molecule has 0 fully saturated rings. The normalized spacial score (nSPS) is 15.2. The maximum atomic E-state index is 13.5. The average molecular weight is 430 g/mol. The molecule has 2 heterocycles. The molecule has 1 atom stereocenters. The molecule has 0 spiro atoms. The van der Waals surface area contributed by atoms with E-state index in [-0.39, 0.29) is 17.7 Å². The number of thioether (sulfide) groups is 1. The van der Waals surface area contributed by atoms with Gasteiger partial charge < -0.3 is 4.74 Å². The maximum Gasteiger partial charge on any atom is 0.238 e. The van der Waals surface area contributed by atoms with Crippen LogP contribution in [0.3, 0.4) is 0 Å². The van der Waals surface area contributed by atoms with Gasteiger partial charge in [0.05, 0.1) is 23.2 Å². The van der Waals surface area contributed by atoms with E-state index in [1.165, 1.54) is 11.8 Å². The summed E-state index contributed by atoms with van der Waals surface area (Å²) in [5, 5.41) is 12.5. The molecule has 1 aliphatic rings. The molecule has 31 heavy (non-hydrogen) atoms. The molecular weight excluding hydrogens is 410 g/mol. The summed E-state index contributed by atoms with van der Waals surface area (Å²) < 4.78 is 7.60.